The summed E-state index contributed by atoms with van der Waals surface area (Å²) in [7, 11) is -3.67. The van der Waals surface area contributed by atoms with Crippen molar-refractivity contribution < 1.29 is 8.42 Å². The van der Waals surface area contributed by atoms with Gasteiger partial charge in [-0.3, -0.25) is 0 Å². The molecule has 0 aliphatic rings. The van der Waals surface area contributed by atoms with Crippen molar-refractivity contribution in [1.29, 1.82) is 0 Å². The van der Waals surface area contributed by atoms with Gasteiger partial charge in [-0.05, 0) is 33.6 Å². The predicted molar refractivity (Wildman–Crippen MR) is 71.2 cm³/mol. The van der Waals surface area contributed by atoms with E-state index in [-0.39, 0.29) is 17.3 Å². The Balaban J connectivity index is 2.22. The van der Waals surface area contributed by atoms with E-state index >= 15 is 0 Å². The van der Waals surface area contributed by atoms with E-state index < -0.39 is 10.0 Å². The van der Waals surface area contributed by atoms with E-state index in [1.807, 2.05) is 0 Å². The Morgan fingerprint density at radius 3 is 2.94 bits per heavy atom. The van der Waals surface area contributed by atoms with Crippen LogP contribution in [0.4, 0.5) is 5.82 Å². The standard InChI is InChI=1S/C10H11BrN4O2S/c11-8-3-9(10(12)14-6-8)18(16,17)15-5-7-1-2-13-4-7/h1-4,6,13,15H,5H2,(H2,12,14). The van der Waals surface area contributed by atoms with Gasteiger partial charge in [0.15, 0.2) is 0 Å². The van der Waals surface area contributed by atoms with Gasteiger partial charge in [0.2, 0.25) is 10.0 Å². The molecule has 2 aromatic heterocycles. The average Bonchev–Trinajstić information content (AvgIpc) is 2.83. The fourth-order valence-electron chi connectivity index (χ4n) is 1.37. The Morgan fingerprint density at radius 2 is 2.28 bits per heavy atom. The third-order valence-electron chi connectivity index (χ3n) is 2.27. The van der Waals surface area contributed by atoms with Gasteiger partial charge in [0, 0.05) is 29.6 Å². The lowest BCUT2D eigenvalue weighted by Crippen LogP contribution is -2.24. The van der Waals surface area contributed by atoms with Crippen LogP contribution in [0.1, 0.15) is 5.56 Å². The number of nitrogen functional groups attached to an aromatic ring is 1. The van der Waals surface area contributed by atoms with Crippen molar-refractivity contribution in [3.63, 3.8) is 0 Å². The average molecular weight is 331 g/mol. The monoisotopic (exact) mass is 330 g/mol. The summed E-state index contributed by atoms with van der Waals surface area (Å²) in [4.78, 5) is 6.61. The second-order valence-corrected chi connectivity index (χ2v) is 6.23. The molecule has 0 aromatic carbocycles. The highest BCUT2D eigenvalue weighted by Gasteiger charge is 2.18. The number of aromatic amines is 1. The third-order valence-corrected chi connectivity index (χ3v) is 4.13. The molecule has 0 unspecified atom stereocenters. The van der Waals surface area contributed by atoms with Gasteiger partial charge in [-0.2, -0.15) is 0 Å². The van der Waals surface area contributed by atoms with Gasteiger partial charge in [0.25, 0.3) is 0 Å². The highest BCUT2D eigenvalue weighted by molar-refractivity contribution is 9.10. The summed E-state index contributed by atoms with van der Waals surface area (Å²) in [5.41, 5.74) is 6.40. The second kappa shape index (κ2) is 5.09. The van der Waals surface area contributed by atoms with Gasteiger partial charge < -0.3 is 10.7 Å². The Labute approximate surface area is 113 Å². The van der Waals surface area contributed by atoms with E-state index in [9.17, 15) is 8.42 Å². The fourth-order valence-corrected chi connectivity index (χ4v) is 2.98. The minimum absolute atomic E-state index is 0.0280. The molecule has 0 atom stereocenters. The van der Waals surface area contributed by atoms with Gasteiger partial charge in [0.1, 0.15) is 10.7 Å². The van der Waals surface area contributed by atoms with Crippen LogP contribution in [0.2, 0.25) is 0 Å². The molecule has 96 valence electrons. The summed E-state index contributed by atoms with van der Waals surface area (Å²) in [6, 6.07) is 3.20. The Bertz CT molecular complexity index is 640. The molecule has 2 heterocycles. The van der Waals surface area contributed by atoms with Gasteiger partial charge in [-0.25, -0.2) is 18.1 Å². The molecule has 2 aromatic rings. The van der Waals surface area contributed by atoms with Crippen molar-refractivity contribution in [3.05, 3.63) is 40.8 Å². The maximum absolute atomic E-state index is 12.0. The number of pyridine rings is 1. The molecule has 0 amide bonds. The number of nitrogens with zero attached hydrogens (tertiary/aromatic N) is 1. The highest BCUT2D eigenvalue weighted by Crippen LogP contribution is 2.20. The molecule has 0 aliphatic heterocycles. The lowest BCUT2D eigenvalue weighted by atomic mass is 10.4. The molecule has 0 bridgehead atoms. The maximum Gasteiger partial charge on any atom is 0.244 e. The molecule has 6 nitrogen and oxygen atoms in total. The molecule has 4 N–H and O–H groups in total. The smallest absolute Gasteiger partial charge is 0.244 e. The molecular weight excluding hydrogens is 320 g/mol. The quantitative estimate of drug-likeness (QED) is 0.784. The van der Waals surface area contributed by atoms with Crippen molar-refractivity contribution in [2.24, 2.45) is 0 Å². The van der Waals surface area contributed by atoms with Crippen LogP contribution >= 0.6 is 15.9 Å². The first-order valence-corrected chi connectivity index (χ1v) is 7.29. The van der Waals surface area contributed by atoms with E-state index in [4.69, 9.17) is 5.73 Å². The summed E-state index contributed by atoms with van der Waals surface area (Å²) in [6.45, 7) is 0.192. The van der Waals surface area contributed by atoms with Gasteiger partial charge in [0.05, 0.1) is 0 Å². The molecule has 0 aliphatic carbocycles. The molecule has 0 radical (unpaired) electrons. The first-order chi connectivity index (χ1) is 8.49. The predicted octanol–water partition coefficient (Wildman–Crippen LogP) is 1.23. The van der Waals surface area contributed by atoms with E-state index in [2.05, 4.69) is 30.6 Å². The lowest BCUT2D eigenvalue weighted by molar-refractivity contribution is 0.581. The van der Waals surface area contributed by atoms with Crippen LogP contribution in [0.3, 0.4) is 0 Å². The number of halogens is 1. The summed E-state index contributed by atoms with van der Waals surface area (Å²) in [5.74, 6) is -0.0280. The van der Waals surface area contributed by atoms with E-state index in [0.29, 0.717) is 4.47 Å². The minimum Gasteiger partial charge on any atom is -0.383 e. The molecule has 0 fully saturated rings. The van der Waals surface area contributed by atoms with Crippen LogP contribution in [-0.4, -0.2) is 18.4 Å². The number of sulfonamides is 1. The molecule has 0 saturated heterocycles. The second-order valence-electron chi connectivity index (χ2n) is 3.58. The van der Waals surface area contributed by atoms with E-state index in [0.717, 1.165) is 5.56 Å². The summed E-state index contributed by atoms with van der Waals surface area (Å²) < 4.78 is 27.1. The third kappa shape index (κ3) is 2.89. The number of hydrogen-bond acceptors (Lipinski definition) is 4. The van der Waals surface area contributed by atoms with Crippen LogP contribution in [-0.2, 0) is 16.6 Å². The molecular formula is C10H11BrN4O2S. The van der Waals surface area contributed by atoms with E-state index in [1.54, 1.807) is 18.5 Å². The summed E-state index contributed by atoms with van der Waals surface area (Å²) in [6.07, 6.45) is 4.88. The van der Waals surface area contributed by atoms with Crippen LogP contribution < -0.4 is 10.5 Å². The number of nitrogens with one attached hydrogen (secondary N) is 2. The SMILES string of the molecule is Nc1ncc(Br)cc1S(=O)(=O)NCc1cc[nH]c1. The largest absolute Gasteiger partial charge is 0.383 e. The number of anilines is 1. The molecule has 0 saturated carbocycles. The Morgan fingerprint density at radius 1 is 1.50 bits per heavy atom. The fraction of sp³-hybridized carbons (Fsp3) is 0.100. The zero-order chi connectivity index (χ0) is 13.2. The number of H-pyrrole nitrogens is 1. The molecule has 18 heavy (non-hydrogen) atoms. The van der Waals surface area contributed by atoms with Crippen molar-refractivity contribution in [2.75, 3.05) is 5.73 Å². The number of rotatable bonds is 4. The zero-order valence-corrected chi connectivity index (χ0v) is 11.6. The Hall–Kier alpha value is -1.38. The summed E-state index contributed by atoms with van der Waals surface area (Å²) >= 11 is 3.16. The molecule has 0 spiro atoms. The first-order valence-electron chi connectivity index (χ1n) is 5.01. The van der Waals surface area contributed by atoms with Crippen molar-refractivity contribution in [3.8, 4) is 0 Å². The molecule has 8 heteroatoms. The van der Waals surface area contributed by atoms with Crippen molar-refractivity contribution in [2.45, 2.75) is 11.4 Å². The normalized spacial score (nSPS) is 11.6. The van der Waals surface area contributed by atoms with Crippen LogP contribution in [0.5, 0.6) is 0 Å². The van der Waals surface area contributed by atoms with Gasteiger partial charge in [-0.15, -0.1) is 0 Å². The topological polar surface area (TPSA) is 101 Å². The lowest BCUT2D eigenvalue weighted by Gasteiger charge is -2.08. The number of nitrogens with two attached hydrogens (primary N) is 1. The number of hydrogen-bond donors (Lipinski definition) is 3. The van der Waals surface area contributed by atoms with Crippen molar-refractivity contribution >= 4 is 31.8 Å². The van der Waals surface area contributed by atoms with Crippen LogP contribution in [0, 0.1) is 0 Å². The van der Waals surface area contributed by atoms with E-state index in [1.165, 1.54) is 12.3 Å². The Kier molecular flexibility index (Phi) is 3.69. The van der Waals surface area contributed by atoms with Crippen LogP contribution in [0.25, 0.3) is 0 Å². The first kappa shape index (κ1) is 13.1. The highest BCUT2D eigenvalue weighted by atomic mass is 79.9. The maximum atomic E-state index is 12.0. The van der Waals surface area contributed by atoms with Gasteiger partial charge in [-0.1, -0.05) is 0 Å². The summed E-state index contributed by atoms with van der Waals surface area (Å²) in [5, 5.41) is 0. The van der Waals surface area contributed by atoms with Crippen LogP contribution in [0.15, 0.2) is 40.1 Å². The van der Waals surface area contributed by atoms with Crippen molar-refractivity contribution in [1.82, 2.24) is 14.7 Å². The minimum atomic E-state index is -3.67. The zero-order valence-electron chi connectivity index (χ0n) is 9.22. The molecule has 2 rings (SSSR count). The van der Waals surface area contributed by atoms with Gasteiger partial charge >= 0.3 is 0 Å². The number of aromatic nitrogens is 2.